The number of hydrogen-bond donors (Lipinski definition) is 2. The molecule has 15 heteroatoms. The van der Waals surface area contributed by atoms with Crippen molar-refractivity contribution in [1.82, 2.24) is 39.7 Å². The number of rotatable bonds is 9. The smallest absolute Gasteiger partial charge is 0.295 e. The molecule has 1 atom stereocenters. The summed E-state index contributed by atoms with van der Waals surface area (Å²) >= 11 is 0. The van der Waals surface area contributed by atoms with E-state index in [1.807, 2.05) is 36.5 Å². The molecule has 228 valence electrons. The molecule has 2 aliphatic heterocycles. The fourth-order valence-corrected chi connectivity index (χ4v) is 5.53. The van der Waals surface area contributed by atoms with Gasteiger partial charge in [-0.05, 0) is 55.2 Å². The number of halogens is 2. The first-order chi connectivity index (χ1) is 21.5. The van der Waals surface area contributed by atoms with Gasteiger partial charge in [0.05, 0.1) is 43.0 Å². The van der Waals surface area contributed by atoms with Crippen molar-refractivity contribution in [2.24, 2.45) is 7.05 Å². The van der Waals surface area contributed by atoms with Crippen LogP contribution in [-0.2, 0) is 11.8 Å². The van der Waals surface area contributed by atoms with Crippen molar-refractivity contribution in [3.8, 4) is 17.1 Å². The highest BCUT2D eigenvalue weighted by molar-refractivity contribution is 5.92. The van der Waals surface area contributed by atoms with E-state index in [4.69, 9.17) is 14.5 Å². The van der Waals surface area contributed by atoms with E-state index < -0.39 is 18.5 Å². The molecule has 0 bridgehead atoms. The maximum Gasteiger partial charge on any atom is 0.295 e. The molecule has 2 aliphatic rings. The van der Waals surface area contributed by atoms with Crippen LogP contribution in [0.5, 0.6) is 5.75 Å². The number of anilines is 5. The van der Waals surface area contributed by atoms with Crippen LogP contribution in [0, 0.1) is 0 Å². The molecule has 1 aromatic carbocycles. The molecule has 6 heterocycles. The molecular formula is C29H31F2N11O2. The van der Waals surface area contributed by atoms with Gasteiger partial charge in [-0.15, -0.1) is 10.2 Å². The van der Waals surface area contributed by atoms with Crippen molar-refractivity contribution < 1.29 is 18.3 Å². The minimum atomic E-state index is -2.84. The highest BCUT2D eigenvalue weighted by Crippen LogP contribution is 2.40. The molecule has 0 radical (unpaired) electrons. The van der Waals surface area contributed by atoms with Gasteiger partial charge < -0.3 is 25.0 Å². The first-order valence-electron chi connectivity index (χ1n) is 14.5. The quantitative estimate of drug-likeness (QED) is 0.226. The number of tetrazole rings is 1. The molecular weight excluding hydrogens is 572 g/mol. The lowest BCUT2D eigenvalue weighted by Crippen LogP contribution is -2.36. The predicted molar refractivity (Wildman–Crippen MR) is 160 cm³/mol. The molecule has 0 amide bonds. The Balaban J connectivity index is 1.33. The van der Waals surface area contributed by atoms with E-state index >= 15 is 0 Å². The first kappa shape index (κ1) is 27.9. The van der Waals surface area contributed by atoms with Gasteiger partial charge in [0.2, 0.25) is 5.82 Å². The minimum absolute atomic E-state index is 0.266. The number of para-hydroxylation sites is 1. The van der Waals surface area contributed by atoms with Crippen LogP contribution in [0.4, 0.5) is 37.5 Å². The lowest BCUT2D eigenvalue weighted by Gasteiger charge is -2.32. The van der Waals surface area contributed by atoms with Gasteiger partial charge in [0.25, 0.3) is 6.43 Å². The van der Waals surface area contributed by atoms with Crippen LogP contribution in [0.15, 0.2) is 42.6 Å². The van der Waals surface area contributed by atoms with Crippen LogP contribution < -0.4 is 20.3 Å². The van der Waals surface area contributed by atoms with Crippen molar-refractivity contribution in [2.75, 3.05) is 42.3 Å². The highest BCUT2D eigenvalue weighted by Gasteiger charge is 2.29. The number of benzene rings is 1. The van der Waals surface area contributed by atoms with Crippen LogP contribution in [0.3, 0.4) is 0 Å². The average Bonchev–Trinajstić information content (AvgIpc) is 3.62. The topological polar surface area (TPSA) is 133 Å². The molecule has 4 aromatic heterocycles. The molecule has 2 fully saturated rings. The number of fused-ring (bicyclic) bond motifs is 1. The highest BCUT2D eigenvalue weighted by atomic mass is 19.3. The van der Waals surface area contributed by atoms with E-state index in [1.165, 1.54) is 22.9 Å². The van der Waals surface area contributed by atoms with Gasteiger partial charge in [0.15, 0.2) is 17.2 Å². The Morgan fingerprint density at radius 3 is 2.57 bits per heavy atom. The Bertz CT molecular complexity index is 1780. The summed E-state index contributed by atoms with van der Waals surface area (Å²) in [6, 6.07) is 11.0. The summed E-state index contributed by atoms with van der Waals surface area (Å²) in [5, 5.41) is 19.0. The molecule has 44 heavy (non-hydrogen) atoms. The fourth-order valence-electron chi connectivity index (χ4n) is 5.53. The van der Waals surface area contributed by atoms with Gasteiger partial charge in [-0.1, -0.05) is 6.07 Å². The summed E-state index contributed by atoms with van der Waals surface area (Å²) in [5.41, 5.74) is 3.18. The number of methoxy groups -OCH3 is 1. The normalized spacial score (nSPS) is 16.8. The largest absolute Gasteiger partial charge is 0.494 e. The molecule has 7 rings (SSSR count). The Labute approximate surface area is 251 Å². The summed E-state index contributed by atoms with van der Waals surface area (Å²) in [5.74, 6) is 1.39. The Morgan fingerprint density at radius 1 is 1.02 bits per heavy atom. The lowest BCUT2D eigenvalue weighted by molar-refractivity contribution is -0.0363. The fraction of sp³-hybridized carbons (Fsp3) is 0.379. The molecule has 2 N–H and O–H groups in total. The van der Waals surface area contributed by atoms with Crippen molar-refractivity contribution in [3.05, 3.63) is 48.4 Å². The zero-order valence-corrected chi connectivity index (χ0v) is 24.2. The molecule has 1 unspecified atom stereocenters. The lowest BCUT2D eigenvalue weighted by atomic mass is 10.1. The van der Waals surface area contributed by atoms with Crippen LogP contribution >= 0.6 is 0 Å². The summed E-state index contributed by atoms with van der Waals surface area (Å²) in [4.78, 5) is 17.3. The molecule has 5 aromatic rings. The second-order valence-electron chi connectivity index (χ2n) is 10.7. The first-order valence-corrected chi connectivity index (χ1v) is 14.5. The molecule has 0 spiro atoms. The van der Waals surface area contributed by atoms with Crippen molar-refractivity contribution >= 4 is 39.9 Å². The number of aromatic nitrogens is 8. The summed E-state index contributed by atoms with van der Waals surface area (Å²) in [6.07, 6.45) is 1.83. The number of pyridine rings is 2. The van der Waals surface area contributed by atoms with Crippen molar-refractivity contribution in [1.29, 1.82) is 0 Å². The number of hydrogen-bond acceptors (Lipinski definition) is 11. The number of nitrogens with one attached hydrogen (secondary N) is 2. The maximum absolute atomic E-state index is 14.5. The molecule has 13 nitrogen and oxygen atoms in total. The van der Waals surface area contributed by atoms with Crippen LogP contribution in [-0.4, -0.2) is 66.5 Å². The monoisotopic (exact) mass is 603 g/mol. The second kappa shape index (κ2) is 11.6. The average molecular weight is 604 g/mol. The van der Waals surface area contributed by atoms with Gasteiger partial charge in [0.1, 0.15) is 23.4 Å². The van der Waals surface area contributed by atoms with E-state index in [-0.39, 0.29) is 11.2 Å². The Kier molecular flexibility index (Phi) is 7.37. The van der Waals surface area contributed by atoms with E-state index in [2.05, 4.69) is 40.9 Å². The summed E-state index contributed by atoms with van der Waals surface area (Å²) < 4.78 is 42.1. The van der Waals surface area contributed by atoms with Crippen LogP contribution in [0.2, 0.25) is 0 Å². The van der Waals surface area contributed by atoms with E-state index in [0.29, 0.717) is 53.2 Å². The third kappa shape index (κ3) is 5.23. The molecule has 0 aliphatic carbocycles. The van der Waals surface area contributed by atoms with Gasteiger partial charge in [-0.25, -0.2) is 23.7 Å². The third-order valence-corrected chi connectivity index (χ3v) is 7.78. The van der Waals surface area contributed by atoms with Crippen LogP contribution in [0.25, 0.3) is 22.6 Å². The van der Waals surface area contributed by atoms with Crippen LogP contribution in [0.1, 0.15) is 44.2 Å². The van der Waals surface area contributed by atoms with Gasteiger partial charge >= 0.3 is 0 Å². The van der Waals surface area contributed by atoms with E-state index in [0.717, 1.165) is 31.6 Å². The Hall–Kier alpha value is -4.92. The number of ether oxygens (including phenoxy) is 2. The zero-order valence-electron chi connectivity index (χ0n) is 24.2. The SMILES string of the molecule is COc1c(Nc2cc(Nc3ccc(N4CCC4)cn3)nc3c2nc(C(F)F)n3C2CCCCO2)cccc1-c1nnn(C)n1. The van der Waals surface area contributed by atoms with Gasteiger partial charge in [0, 0.05) is 25.8 Å². The molecule has 0 saturated carbocycles. The van der Waals surface area contributed by atoms with Crippen molar-refractivity contribution in [2.45, 2.75) is 38.3 Å². The Morgan fingerprint density at radius 2 is 1.91 bits per heavy atom. The number of aryl methyl sites for hydroxylation is 1. The summed E-state index contributed by atoms with van der Waals surface area (Å²) in [7, 11) is 3.21. The minimum Gasteiger partial charge on any atom is -0.494 e. The maximum atomic E-state index is 14.5. The van der Waals surface area contributed by atoms with Crippen molar-refractivity contribution in [3.63, 3.8) is 0 Å². The number of nitrogens with zero attached hydrogens (tertiary/aromatic N) is 9. The predicted octanol–water partition coefficient (Wildman–Crippen LogP) is 5.36. The standard InChI is InChI=1S/C29H31F2N11O2/c1-40-38-27(37-39-40)18-7-5-8-19(25(18)43-2)33-20-15-22(34-21-11-10-17(16-32-21)41-12-6-13-41)35-28-24(20)36-29(26(30)31)42(28)23-9-3-4-14-44-23/h5,7-8,10-11,15-16,23,26H,3-4,6,9,12-14H2,1-2H3,(H2,32,33,34,35). The molecule has 2 saturated heterocycles. The van der Waals surface area contributed by atoms with Gasteiger partial charge in [-0.3, -0.25) is 4.57 Å². The number of imidazole rings is 1. The summed E-state index contributed by atoms with van der Waals surface area (Å²) in [6.45, 7) is 2.50. The second-order valence-corrected chi connectivity index (χ2v) is 10.7. The number of alkyl halides is 2. The van der Waals surface area contributed by atoms with E-state index in [1.54, 1.807) is 13.1 Å². The van der Waals surface area contributed by atoms with E-state index in [9.17, 15) is 8.78 Å². The zero-order chi connectivity index (χ0) is 30.2. The van der Waals surface area contributed by atoms with Gasteiger partial charge in [-0.2, -0.15) is 4.80 Å². The third-order valence-electron chi connectivity index (χ3n) is 7.78.